The Morgan fingerprint density at radius 2 is 1.96 bits per heavy atom. The molecule has 1 saturated carbocycles. The summed E-state index contributed by atoms with van der Waals surface area (Å²) >= 11 is 0. The van der Waals surface area contributed by atoms with Crippen LogP contribution in [-0.2, 0) is 5.60 Å². The number of carbonyl (C=O) groups excluding carboxylic acids is 1. The molecule has 0 bridgehead atoms. The summed E-state index contributed by atoms with van der Waals surface area (Å²) in [7, 11) is 0. The fraction of sp³-hybridized carbons (Fsp3) is 0.450. The van der Waals surface area contributed by atoms with Crippen LogP contribution in [0.2, 0.25) is 0 Å². The molecule has 2 N–H and O–H groups in total. The van der Waals surface area contributed by atoms with Crippen molar-refractivity contribution in [2.45, 2.75) is 43.7 Å². The Labute approximate surface area is 152 Å². The second-order valence-corrected chi connectivity index (χ2v) is 7.26. The fourth-order valence-corrected chi connectivity index (χ4v) is 4.65. The standard InChI is InChI=1S/C20H23N3O3/c24-18-15(12-21-13-22-18)19(25)23-11-10-20(26,14-6-2-1-3-7-14)16-8-4-5-9-17(16)23/h1-3,6-7,12-13,16-17,26H,4-5,8-11H2,(H,21,22,24). The monoisotopic (exact) mass is 353 g/mol. The number of rotatable bonds is 2. The second kappa shape index (κ2) is 6.68. The Bertz CT molecular complexity index is 798. The predicted molar refractivity (Wildman–Crippen MR) is 95.4 cm³/mol. The van der Waals surface area contributed by atoms with Gasteiger partial charge in [-0.25, -0.2) is 9.97 Å². The van der Waals surface area contributed by atoms with Gasteiger partial charge in [-0.05, 0) is 24.8 Å². The van der Waals surface area contributed by atoms with Gasteiger partial charge in [-0.2, -0.15) is 0 Å². The van der Waals surface area contributed by atoms with Crippen LogP contribution in [0.15, 0.2) is 42.9 Å². The molecule has 2 heterocycles. The summed E-state index contributed by atoms with van der Waals surface area (Å²) in [6.07, 6.45) is 6.90. The molecule has 1 aliphatic carbocycles. The Balaban J connectivity index is 1.67. The second-order valence-electron chi connectivity index (χ2n) is 7.26. The topological polar surface area (TPSA) is 86.5 Å². The lowest BCUT2D eigenvalue weighted by molar-refractivity contribution is -0.110. The van der Waals surface area contributed by atoms with E-state index in [0.29, 0.717) is 13.0 Å². The summed E-state index contributed by atoms with van der Waals surface area (Å²) in [5.41, 5.74) is 0.134. The van der Waals surface area contributed by atoms with Crippen LogP contribution in [0, 0.1) is 5.92 Å². The van der Waals surface area contributed by atoms with Crippen molar-refractivity contribution >= 4 is 5.91 Å². The number of aromatic hydroxyl groups is 1. The van der Waals surface area contributed by atoms with Crippen molar-refractivity contribution in [2.24, 2.45) is 5.92 Å². The molecule has 2 aliphatic rings. The summed E-state index contributed by atoms with van der Waals surface area (Å²) in [5, 5.41) is 21.5. The molecule has 2 aromatic rings. The van der Waals surface area contributed by atoms with Gasteiger partial charge in [0.25, 0.3) is 5.91 Å². The highest BCUT2D eigenvalue weighted by Crippen LogP contribution is 2.47. The Kier molecular flexibility index (Phi) is 4.36. The van der Waals surface area contributed by atoms with Gasteiger partial charge in [0.1, 0.15) is 11.9 Å². The average molecular weight is 353 g/mol. The van der Waals surface area contributed by atoms with Gasteiger partial charge in [-0.3, -0.25) is 4.79 Å². The molecule has 1 aliphatic heterocycles. The molecule has 1 amide bonds. The van der Waals surface area contributed by atoms with E-state index < -0.39 is 5.60 Å². The Morgan fingerprint density at radius 1 is 1.19 bits per heavy atom. The van der Waals surface area contributed by atoms with E-state index in [2.05, 4.69) is 9.97 Å². The zero-order chi connectivity index (χ0) is 18.1. The van der Waals surface area contributed by atoms with Crippen LogP contribution >= 0.6 is 0 Å². The zero-order valence-corrected chi connectivity index (χ0v) is 14.6. The van der Waals surface area contributed by atoms with Crippen molar-refractivity contribution < 1.29 is 15.0 Å². The molecule has 136 valence electrons. The minimum absolute atomic E-state index is 0.0110. The number of aromatic nitrogens is 2. The van der Waals surface area contributed by atoms with Gasteiger partial charge in [0.15, 0.2) is 0 Å². The van der Waals surface area contributed by atoms with E-state index in [1.807, 2.05) is 30.3 Å². The smallest absolute Gasteiger partial charge is 0.261 e. The normalized spacial score (nSPS) is 28.4. The molecular formula is C20H23N3O3. The number of nitrogens with zero attached hydrogens (tertiary/aromatic N) is 3. The third kappa shape index (κ3) is 2.74. The third-order valence-corrected chi connectivity index (χ3v) is 5.93. The number of likely N-dealkylation sites (tertiary alicyclic amines) is 1. The lowest BCUT2D eigenvalue weighted by Gasteiger charge is -2.52. The molecule has 3 atom stereocenters. The molecule has 4 rings (SSSR count). The highest BCUT2D eigenvalue weighted by atomic mass is 16.3. The Morgan fingerprint density at radius 3 is 2.73 bits per heavy atom. The highest BCUT2D eigenvalue weighted by molar-refractivity contribution is 5.96. The van der Waals surface area contributed by atoms with Crippen LogP contribution in [0.25, 0.3) is 0 Å². The molecule has 26 heavy (non-hydrogen) atoms. The van der Waals surface area contributed by atoms with E-state index in [0.717, 1.165) is 31.2 Å². The van der Waals surface area contributed by atoms with Gasteiger partial charge in [0.2, 0.25) is 5.88 Å². The van der Waals surface area contributed by atoms with Crippen molar-refractivity contribution in [3.05, 3.63) is 54.0 Å². The van der Waals surface area contributed by atoms with E-state index in [9.17, 15) is 15.0 Å². The molecule has 1 aromatic heterocycles. The van der Waals surface area contributed by atoms with Gasteiger partial charge < -0.3 is 15.1 Å². The van der Waals surface area contributed by atoms with Crippen molar-refractivity contribution in [1.29, 1.82) is 0 Å². The van der Waals surface area contributed by atoms with Crippen LogP contribution < -0.4 is 0 Å². The fourth-order valence-electron chi connectivity index (χ4n) is 4.65. The molecule has 6 nitrogen and oxygen atoms in total. The quantitative estimate of drug-likeness (QED) is 0.866. The molecule has 6 heteroatoms. The van der Waals surface area contributed by atoms with Crippen LogP contribution in [0.5, 0.6) is 5.88 Å². The third-order valence-electron chi connectivity index (χ3n) is 5.93. The Hall–Kier alpha value is -2.47. The summed E-state index contributed by atoms with van der Waals surface area (Å²) in [5.74, 6) is -0.556. The number of piperidine rings is 1. The van der Waals surface area contributed by atoms with E-state index in [1.54, 1.807) is 4.90 Å². The molecular weight excluding hydrogens is 330 g/mol. The zero-order valence-electron chi connectivity index (χ0n) is 14.6. The summed E-state index contributed by atoms with van der Waals surface area (Å²) in [6.45, 7) is 0.444. The maximum absolute atomic E-state index is 13.0. The maximum atomic E-state index is 13.0. The van der Waals surface area contributed by atoms with Crippen LogP contribution in [-0.4, -0.2) is 43.6 Å². The summed E-state index contributed by atoms with van der Waals surface area (Å²) in [6, 6.07) is 9.74. The molecule has 0 radical (unpaired) electrons. The van der Waals surface area contributed by atoms with E-state index in [4.69, 9.17) is 0 Å². The van der Waals surface area contributed by atoms with Gasteiger partial charge in [0, 0.05) is 24.7 Å². The predicted octanol–water partition coefficient (Wildman–Crippen LogP) is 2.47. The van der Waals surface area contributed by atoms with Gasteiger partial charge in [-0.1, -0.05) is 43.2 Å². The summed E-state index contributed by atoms with van der Waals surface area (Å²) in [4.78, 5) is 22.4. The van der Waals surface area contributed by atoms with Crippen molar-refractivity contribution in [1.82, 2.24) is 14.9 Å². The number of hydrogen-bond donors (Lipinski definition) is 2. The molecule has 0 spiro atoms. The van der Waals surface area contributed by atoms with Crippen molar-refractivity contribution in [3.63, 3.8) is 0 Å². The number of carbonyl (C=O) groups is 1. The molecule has 1 saturated heterocycles. The van der Waals surface area contributed by atoms with Gasteiger partial charge >= 0.3 is 0 Å². The average Bonchev–Trinajstić information content (AvgIpc) is 2.69. The number of amides is 1. The lowest BCUT2D eigenvalue weighted by Crippen LogP contribution is -2.59. The van der Waals surface area contributed by atoms with Gasteiger partial charge in [-0.15, -0.1) is 0 Å². The van der Waals surface area contributed by atoms with Crippen LogP contribution in [0.1, 0.15) is 48.0 Å². The van der Waals surface area contributed by atoms with E-state index in [1.165, 1.54) is 12.5 Å². The lowest BCUT2D eigenvalue weighted by atomic mass is 9.66. The first-order valence-corrected chi connectivity index (χ1v) is 9.19. The maximum Gasteiger partial charge on any atom is 0.261 e. The van der Waals surface area contributed by atoms with Crippen molar-refractivity contribution in [2.75, 3.05) is 6.54 Å². The minimum Gasteiger partial charge on any atom is -0.493 e. The number of aliphatic hydroxyl groups is 1. The first-order valence-electron chi connectivity index (χ1n) is 9.19. The SMILES string of the molecule is O=C(c1cncnc1O)N1CCC(O)(c2ccccc2)C2CCCCC21. The minimum atomic E-state index is -0.918. The first-order chi connectivity index (χ1) is 12.6. The molecule has 3 unspecified atom stereocenters. The number of benzene rings is 1. The van der Waals surface area contributed by atoms with Crippen molar-refractivity contribution in [3.8, 4) is 5.88 Å². The molecule has 2 fully saturated rings. The van der Waals surface area contributed by atoms with Crippen LogP contribution in [0.4, 0.5) is 0 Å². The number of fused-ring (bicyclic) bond motifs is 1. The molecule has 1 aromatic carbocycles. The van der Waals surface area contributed by atoms with Crippen LogP contribution in [0.3, 0.4) is 0 Å². The highest BCUT2D eigenvalue weighted by Gasteiger charge is 2.50. The van der Waals surface area contributed by atoms with E-state index in [-0.39, 0.29) is 29.3 Å². The van der Waals surface area contributed by atoms with E-state index >= 15 is 0 Å². The van der Waals surface area contributed by atoms with Gasteiger partial charge in [0.05, 0.1) is 5.60 Å². The number of hydrogen-bond acceptors (Lipinski definition) is 5. The summed E-state index contributed by atoms with van der Waals surface area (Å²) < 4.78 is 0. The largest absolute Gasteiger partial charge is 0.493 e. The first kappa shape index (κ1) is 17.0.